The van der Waals surface area contributed by atoms with Gasteiger partial charge in [-0.3, -0.25) is 0 Å². The lowest BCUT2D eigenvalue weighted by molar-refractivity contribution is 0.898. The van der Waals surface area contributed by atoms with E-state index in [2.05, 4.69) is 71.8 Å². The number of benzene rings is 2. The van der Waals surface area contributed by atoms with Crippen LogP contribution in [0, 0.1) is 6.92 Å². The molecule has 2 N–H and O–H groups in total. The van der Waals surface area contributed by atoms with Crippen molar-refractivity contribution >= 4 is 5.69 Å². The van der Waals surface area contributed by atoms with Gasteiger partial charge in [-0.2, -0.15) is 0 Å². The van der Waals surface area contributed by atoms with E-state index in [1.807, 2.05) is 18.3 Å². The van der Waals surface area contributed by atoms with Crippen LogP contribution in [-0.4, -0.2) is 4.98 Å². The first kappa shape index (κ1) is 12.5. The summed E-state index contributed by atoms with van der Waals surface area (Å²) >= 11 is 0. The Hall–Kier alpha value is -2.48. The van der Waals surface area contributed by atoms with E-state index in [-0.39, 0.29) is 6.04 Å². The third-order valence-electron chi connectivity index (χ3n) is 3.51. The van der Waals surface area contributed by atoms with Crippen molar-refractivity contribution in [3.8, 4) is 0 Å². The number of nitrogens with one attached hydrogen (secondary N) is 2. The molecule has 0 saturated carbocycles. The van der Waals surface area contributed by atoms with Crippen LogP contribution in [0.2, 0.25) is 0 Å². The van der Waals surface area contributed by atoms with E-state index in [4.69, 9.17) is 0 Å². The highest BCUT2D eigenvalue weighted by molar-refractivity contribution is 5.53. The van der Waals surface area contributed by atoms with Gasteiger partial charge in [-0.15, -0.1) is 0 Å². The van der Waals surface area contributed by atoms with Crippen LogP contribution in [0.4, 0.5) is 5.69 Å². The lowest BCUT2D eigenvalue weighted by atomic mass is 10.0. The molecule has 20 heavy (non-hydrogen) atoms. The zero-order chi connectivity index (χ0) is 13.8. The quantitative estimate of drug-likeness (QED) is 0.710. The summed E-state index contributed by atoms with van der Waals surface area (Å²) in [5, 5.41) is 3.63. The van der Waals surface area contributed by atoms with E-state index >= 15 is 0 Å². The van der Waals surface area contributed by atoms with Crippen LogP contribution in [-0.2, 0) is 0 Å². The fourth-order valence-corrected chi connectivity index (χ4v) is 2.40. The maximum atomic E-state index is 3.63. The summed E-state index contributed by atoms with van der Waals surface area (Å²) in [5.41, 5.74) is 4.83. The average molecular weight is 262 g/mol. The molecule has 0 fully saturated rings. The Morgan fingerprint density at radius 1 is 0.850 bits per heavy atom. The highest BCUT2D eigenvalue weighted by Gasteiger charge is 2.15. The Morgan fingerprint density at radius 3 is 2.30 bits per heavy atom. The summed E-state index contributed by atoms with van der Waals surface area (Å²) in [4.78, 5) is 3.31. The highest BCUT2D eigenvalue weighted by Crippen LogP contribution is 2.27. The molecule has 3 rings (SSSR count). The summed E-state index contributed by atoms with van der Waals surface area (Å²) in [6.07, 6.45) is 1.96. The van der Waals surface area contributed by atoms with E-state index in [1.54, 1.807) is 0 Å². The van der Waals surface area contributed by atoms with Crippen LogP contribution < -0.4 is 5.32 Å². The summed E-state index contributed by atoms with van der Waals surface area (Å²) in [6.45, 7) is 2.12. The molecule has 2 aromatic carbocycles. The Morgan fingerprint density at radius 2 is 1.60 bits per heavy atom. The summed E-state index contributed by atoms with van der Waals surface area (Å²) in [7, 11) is 0. The van der Waals surface area contributed by atoms with Crippen LogP contribution in [0.3, 0.4) is 0 Å². The first-order valence-electron chi connectivity index (χ1n) is 6.85. The third-order valence-corrected chi connectivity index (χ3v) is 3.51. The molecule has 0 aliphatic rings. The maximum absolute atomic E-state index is 3.63. The lowest BCUT2D eigenvalue weighted by Gasteiger charge is -2.21. The monoisotopic (exact) mass is 262 g/mol. The summed E-state index contributed by atoms with van der Waals surface area (Å²) < 4.78 is 0. The van der Waals surface area contributed by atoms with Gasteiger partial charge in [-0.1, -0.05) is 48.5 Å². The van der Waals surface area contributed by atoms with Crippen molar-refractivity contribution in [1.82, 2.24) is 4.98 Å². The smallest absolute Gasteiger partial charge is 0.0917 e. The zero-order valence-corrected chi connectivity index (χ0v) is 11.5. The van der Waals surface area contributed by atoms with Gasteiger partial charge in [0.05, 0.1) is 6.04 Å². The summed E-state index contributed by atoms with van der Waals surface area (Å²) in [6, 6.07) is 23.1. The molecule has 1 atom stereocenters. The fraction of sp³-hybridized carbons (Fsp3) is 0.111. The van der Waals surface area contributed by atoms with Crippen molar-refractivity contribution in [3.63, 3.8) is 0 Å². The molecule has 0 amide bonds. The Bertz CT molecular complexity index is 657. The van der Waals surface area contributed by atoms with Gasteiger partial charge in [0.2, 0.25) is 0 Å². The lowest BCUT2D eigenvalue weighted by Crippen LogP contribution is -2.13. The van der Waals surface area contributed by atoms with Gasteiger partial charge < -0.3 is 10.3 Å². The van der Waals surface area contributed by atoms with Crippen molar-refractivity contribution < 1.29 is 0 Å². The van der Waals surface area contributed by atoms with Crippen LogP contribution in [0.25, 0.3) is 0 Å². The molecule has 1 heterocycles. The molecular formula is C18H18N2. The third kappa shape index (κ3) is 2.59. The van der Waals surface area contributed by atoms with Gasteiger partial charge >= 0.3 is 0 Å². The fourth-order valence-electron chi connectivity index (χ4n) is 2.40. The van der Waals surface area contributed by atoms with E-state index in [1.165, 1.54) is 16.8 Å². The van der Waals surface area contributed by atoms with Crippen LogP contribution >= 0.6 is 0 Å². The number of aryl methyl sites for hydroxylation is 1. The second-order valence-electron chi connectivity index (χ2n) is 4.93. The number of hydrogen-bond donors (Lipinski definition) is 2. The van der Waals surface area contributed by atoms with Crippen LogP contribution in [0.1, 0.15) is 22.9 Å². The molecule has 0 bridgehead atoms. The Kier molecular flexibility index (Phi) is 3.55. The van der Waals surface area contributed by atoms with E-state index in [9.17, 15) is 0 Å². The molecule has 0 saturated heterocycles. The number of para-hydroxylation sites is 1. The second kappa shape index (κ2) is 5.66. The van der Waals surface area contributed by atoms with Gasteiger partial charge in [-0.05, 0) is 36.2 Å². The number of aromatic amines is 1. The summed E-state index contributed by atoms with van der Waals surface area (Å²) in [5.74, 6) is 0. The van der Waals surface area contributed by atoms with E-state index in [0.29, 0.717) is 0 Å². The molecule has 0 spiro atoms. The largest absolute Gasteiger partial charge is 0.373 e. The average Bonchev–Trinajstić information content (AvgIpc) is 3.01. The number of hydrogen-bond acceptors (Lipinski definition) is 1. The standard InChI is InChI=1S/C18H18N2/c1-14-8-5-6-11-16(14)20-18(17-12-7-13-19-17)15-9-3-2-4-10-15/h2-13,18-20H,1H3. The molecule has 0 aliphatic heterocycles. The van der Waals surface area contributed by atoms with Crippen molar-refractivity contribution in [1.29, 1.82) is 0 Å². The number of rotatable bonds is 4. The van der Waals surface area contributed by atoms with Gasteiger partial charge in [0, 0.05) is 17.6 Å². The molecule has 2 nitrogen and oxygen atoms in total. The topological polar surface area (TPSA) is 27.8 Å². The molecule has 100 valence electrons. The SMILES string of the molecule is Cc1ccccc1NC(c1ccccc1)c1ccc[nH]1. The molecule has 3 aromatic rings. The van der Waals surface area contributed by atoms with Crippen molar-refractivity contribution in [2.24, 2.45) is 0 Å². The Balaban J connectivity index is 1.97. The minimum absolute atomic E-state index is 0.132. The number of aromatic nitrogens is 1. The number of anilines is 1. The first-order chi connectivity index (χ1) is 9.84. The van der Waals surface area contributed by atoms with Gasteiger partial charge in [0.25, 0.3) is 0 Å². The maximum Gasteiger partial charge on any atom is 0.0917 e. The van der Waals surface area contributed by atoms with Crippen molar-refractivity contribution in [2.45, 2.75) is 13.0 Å². The molecule has 0 radical (unpaired) electrons. The first-order valence-corrected chi connectivity index (χ1v) is 6.85. The van der Waals surface area contributed by atoms with Gasteiger partial charge in [0.15, 0.2) is 0 Å². The normalized spacial score (nSPS) is 12.1. The molecule has 2 heteroatoms. The zero-order valence-electron chi connectivity index (χ0n) is 11.5. The van der Waals surface area contributed by atoms with Crippen molar-refractivity contribution in [3.05, 3.63) is 89.7 Å². The van der Waals surface area contributed by atoms with Crippen LogP contribution in [0.15, 0.2) is 72.9 Å². The molecule has 1 aromatic heterocycles. The van der Waals surface area contributed by atoms with Gasteiger partial charge in [-0.25, -0.2) is 0 Å². The van der Waals surface area contributed by atoms with Crippen LogP contribution in [0.5, 0.6) is 0 Å². The van der Waals surface area contributed by atoms with E-state index < -0.39 is 0 Å². The molecule has 0 aliphatic carbocycles. The van der Waals surface area contributed by atoms with Gasteiger partial charge in [0.1, 0.15) is 0 Å². The minimum Gasteiger partial charge on any atom is -0.373 e. The number of H-pyrrole nitrogens is 1. The predicted octanol–water partition coefficient (Wildman–Crippen LogP) is 4.52. The molecular weight excluding hydrogens is 244 g/mol. The predicted molar refractivity (Wildman–Crippen MR) is 83.9 cm³/mol. The highest BCUT2D eigenvalue weighted by atomic mass is 14.9. The second-order valence-corrected chi connectivity index (χ2v) is 4.93. The Labute approximate surface area is 119 Å². The minimum atomic E-state index is 0.132. The van der Waals surface area contributed by atoms with Crippen molar-refractivity contribution in [2.75, 3.05) is 5.32 Å². The molecule has 1 unspecified atom stereocenters. The van der Waals surface area contributed by atoms with E-state index in [0.717, 1.165) is 5.69 Å².